The number of imidazole rings is 1. The van der Waals surface area contributed by atoms with Crippen LogP contribution in [0.15, 0.2) is 23.0 Å². The summed E-state index contributed by atoms with van der Waals surface area (Å²) < 4.78 is 1.88. The molecule has 2 aromatic rings. The van der Waals surface area contributed by atoms with E-state index in [1.807, 2.05) is 22.8 Å². The van der Waals surface area contributed by atoms with Gasteiger partial charge in [0.1, 0.15) is 0 Å². The minimum Gasteiger partial charge on any atom is -0.349 e. The average Bonchev–Trinajstić information content (AvgIpc) is 3.32. The van der Waals surface area contributed by atoms with Crippen LogP contribution < -0.4 is 16.3 Å². The summed E-state index contributed by atoms with van der Waals surface area (Å²) in [5, 5.41) is 6.80. The van der Waals surface area contributed by atoms with Crippen LogP contribution in [0.2, 0.25) is 0 Å². The molecule has 0 spiro atoms. The largest absolute Gasteiger partial charge is 0.349 e. The number of aromatic amines is 1. The van der Waals surface area contributed by atoms with Crippen molar-refractivity contribution in [2.45, 2.75) is 75.5 Å². The zero-order valence-corrected chi connectivity index (χ0v) is 16.2. The number of nitrogens with zero attached hydrogens (tertiary/aromatic N) is 1. The third-order valence-electron chi connectivity index (χ3n) is 6.48. The molecular weight excluding hydrogens is 364 g/mol. The van der Waals surface area contributed by atoms with E-state index in [0.717, 1.165) is 36.7 Å². The van der Waals surface area contributed by atoms with Crippen LogP contribution in [0.3, 0.4) is 0 Å². The maximum Gasteiger partial charge on any atom is 0.326 e. The van der Waals surface area contributed by atoms with Crippen molar-refractivity contribution in [3.8, 4) is 0 Å². The zero-order valence-electron chi connectivity index (χ0n) is 15.4. The number of fused-ring (bicyclic) bond motifs is 3. The highest BCUT2D eigenvalue weighted by Gasteiger charge is 2.34. The van der Waals surface area contributed by atoms with Crippen molar-refractivity contribution >= 4 is 29.3 Å². The second-order valence-electron chi connectivity index (χ2n) is 8.25. The summed E-state index contributed by atoms with van der Waals surface area (Å²) >= 11 is 0. The summed E-state index contributed by atoms with van der Waals surface area (Å²) in [6.07, 6.45) is 8.96. The molecule has 6 nitrogen and oxygen atoms in total. The predicted octanol–water partition coefficient (Wildman–Crippen LogP) is 2.88. The van der Waals surface area contributed by atoms with Gasteiger partial charge in [0.2, 0.25) is 0 Å². The van der Waals surface area contributed by atoms with Crippen LogP contribution in [0, 0.1) is 0 Å². The molecule has 27 heavy (non-hydrogen) atoms. The number of carbonyl (C=O) groups is 1. The van der Waals surface area contributed by atoms with Gasteiger partial charge in [0.15, 0.2) is 0 Å². The number of halogens is 1. The van der Waals surface area contributed by atoms with Gasteiger partial charge in [0.05, 0.1) is 11.0 Å². The van der Waals surface area contributed by atoms with Crippen LogP contribution in [0.1, 0.15) is 67.8 Å². The third-order valence-corrected chi connectivity index (χ3v) is 6.48. The number of hydrogen-bond donors (Lipinski definition) is 3. The number of carbonyl (C=O) groups excluding carboxylic acids is 1. The Kier molecular flexibility index (Phi) is 5.03. The van der Waals surface area contributed by atoms with Gasteiger partial charge >= 0.3 is 5.69 Å². The quantitative estimate of drug-likeness (QED) is 0.754. The lowest BCUT2D eigenvalue weighted by atomic mass is 9.99. The van der Waals surface area contributed by atoms with Crippen molar-refractivity contribution in [3.63, 3.8) is 0 Å². The van der Waals surface area contributed by atoms with Crippen LogP contribution in [0.25, 0.3) is 11.0 Å². The Morgan fingerprint density at radius 3 is 2.48 bits per heavy atom. The fourth-order valence-corrected chi connectivity index (χ4v) is 5.24. The molecule has 3 heterocycles. The first kappa shape index (κ1) is 18.6. The Hall–Kier alpha value is -1.79. The number of amides is 1. The molecule has 3 aliphatic rings. The Balaban J connectivity index is 0.00000180. The van der Waals surface area contributed by atoms with Crippen molar-refractivity contribution in [2.24, 2.45) is 0 Å². The predicted molar refractivity (Wildman–Crippen MR) is 108 cm³/mol. The molecule has 2 atom stereocenters. The van der Waals surface area contributed by atoms with E-state index in [1.54, 1.807) is 0 Å². The molecule has 2 saturated heterocycles. The highest BCUT2D eigenvalue weighted by Crippen LogP contribution is 2.31. The molecule has 1 aliphatic carbocycles. The summed E-state index contributed by atoms with van der Waals surface area (Å²) in [7, 11) is 0. The van der Waals surface area contributed by atoms with E-state index in [2.05, 4.69) is 15.6 Å². The molecule has 3 fully saturated rings. The lowest BCUT2D eigenvalue weighted by Gasteiger charge is -2.29. The fraction of sp³-hybridized carbons (Fsp3) is 0.600. The van der Waals surface area contributed by atoms with Crippen molar-refractivity contribution in [1.82, 2.24) is 20.2 Å². The Labute approximate surface area is 164 Å². The summed E-state index contributed by atoms with van der Waals surface area (Å²) in [5.74, 6) is -0.0346. The topological polar surface area (TPSA) is 78.9 Å². The van der Waals surface area contributed by atoms with Crippen molar-refractivity contribution in [2.75, 3.05) is 0 Å². The van der Waals surface area contributed by atoms with Gasteiger partial charge in [0, 0.05) is 29.7 Å². The molecule has 146 valence electrons. The molecular formula is C20H27ClN4O2. The van der Waals surface area contributed by atoms with Gasteiger partial charge in [0.25, 0.3) is 5.91 Å². The molecule has 7 heteroatoms. The van der Waals surface area contributed by atoms with Crippen molar-refractivity contribution < 1.29 is 4.79 Å². The Morgan fingerprint density at radius 1 is 1.07 bits per heavy atom. The number of H-pyrrole nitrogens is 1. The van der Waals surface area contributed by atoms with Gasteiger partial charge in [-0.05, 0) is 56.7 Å². The molecule has 1 amide bonds. The lowest BCUT2D eigenvalue weighted by Crippen LogP contribution is -2.48. The van der Waals surface area contributed by atoms with Gasteiger partial charge < -0.3 is 15.6 Å². The minimum absolute atomic E-state index is 0. The smallest absolute Gasteiger partial charge is 0.326 e. The highest BCUT2D eigenvalue weighted by molar-refractivity contribution is 5.97. The lowest BCUT2D eigenvalue weighted by molar-refractivity contribution is 0.0924. The standard InChI is InChI=1S/C20H26N4O2.ClH/c25-19(22-15-10-13-6-7-14(11-15)21-13)12-5-8-18-17(9-12)23-20(26)24(18)16-3-1-2-4-16;/h5,8-9,13-16,21H,1-4,6-7,10-11H2,(H,22,25)(H,23,26);1H. The van der Waals surface area contributed by atoms with E-state index in [1.165, 1.54) is 25.7 Å². The van der Waals surface area contributed by atoms with E-state index in [4.69, 9.17) is 0 Å². The molecule has 2 unspecified atom stereocenters. The normalized spacial score (nSPS) is 27.6. The number of hydrogen-bond acceptors (Lipinski definition) is 3. The Bertz CT molecular complexity index is 887. The van der Waals surface area contributed by atoms with Crippen LogP contribution in [-0.2, 0) is 0 Å². The second-order valence-corrected chi connectivity index (χ2v) is 8.25. The summed E-state index contributed by atoms with van der Waals surface area (Å²) in [6.45, 7) is 0. The molecule has 1 aromatic heterocycles. The Morgan fingerprint density at radius 2 is 1.78 bits per heavy atom. The van der Waals surface area contributed by atoms with E-state index in [9.17, 15) is 9.59 Å². The molecule has 5 rings (SSSR count). The van der Waals surface area contributed by atoms with Crippen LogP contribution >= 0.6 is 12.4 Å². The maximum absolute atomic E-state index is 12.7. The number of benzene rings is 1. The number of nitrogens with one attached hydrogen (secondary N) is 3. The van der Waals surface area contributed by atoms with Crippen LogP contribution in [0.5, 0.6) is 0 Å². The molecule has 2 bridgehead atoms. The fourth-order valence-electron chi connectivity index (χ4n) is 5.24. The molecule has 1 saturated carbocycles. The number of rotatable bonds is 3. The second kappa shape index (κ2) is 7.32. The molecule has 0 radical (unpaired) electrons. The SMILES string of the molecule is Cl.O=C(NC1CC2CCC(C1)N2)c1ccc2c(c1)[nH]c(=O)n2C1CCCC1. The van der Waals surface area contributed by atoms with Crippen molar-refractivity contribution in [1.29, 1.82) is 0 Å². The van der Waals surface area contributed by atoms with Gasteiger partial charge in [-0.2, -0.15) is 0 Å². The monoisotopic (exact) mass is 390 g/mol. The van der Waals surface area contributed by atoms with E-state index in [-0.39, 0.29) is 30.0 Å². The van der Waals surface area contributed by atoms with E-state index < -0.39 is 0 Å². The van der Waals surface area contributed by atoms with Crippen molar-refractivity contribution in [3.05, 3.63) is 34.2 Å². The summed E-state index contributed by atoms with van der Waals surface area (Å²) in [4.78, 5) is 28.1. The number of aromatic nitrogens is 2. The van der Waals surface area contributed by atoms with E-state index >= 15 is 0 Å². The minimum atomic E-state index is -0.0561. The molecule has 1 aromatic carbocycles. The van der Waals surface area contributed by atoms with Crippen LogP contribution in [0.4, 0.5) is 0 Å². The zero-order chi connectivity index (χ0) is 17.7. The van der Waals surface area contributed by atoms with Gasteiger partial charge in [-0.15, -0.1) is 12.4 Å². The van der Waals surface area contributed by atoms with Gasteiger partial charge in [-0.1, -0.05) is 12.8 Å². The average molecular weight is 391 g/mol. The van der Waals surface area contributed by atoms with E-state index in [0.29, 0.717) is 23.7 Å². The van der Waals surface area contributed by atoms with Gasteiger partial charge in [-0.3, -0.25) is 9.36 Å². The molecule has 3 N–H and O–H groups in total. The third kappa shape index (κ3) is 3.41. The first-order valence-electron chi connectivity index (χ1n) is 9.98. The molecule has 2 aliphatic heterocycles. The first-order chi connectivity index (χ1) is 12.7. The maximum atomic E-state index is 12.7. The number of piperidine rings is 1. The van der Waals surface area contributed by atoms with Crippen LogP contribution in [-0.4, -0.2) is 33.6 Å². The van der Waals surface area contributed by atoms with Gasteiger partial charge in [-0.25, -0.2) is 4.79 Å². The first-order valence-corrected chi connectivity index (χ1v) is 9.98. The summed E-state index contributed by atoms with van der Waals surface area (Å²) in [6, 6.07) is 7.25. The highest BCUT2D eigenvalue weighted by atomic mass is 35.5. The summed E-state index contributed by atoms with van der Waals surface area (Å²) in [5.41, 5.74) is 2.25.